The molecule has 5 N–H and O–H groups in total. The largest absolute Gasteiger partial charge is 0.375 e. The number of fused-ring (bicyclic) bond motifs is 1. The van der Waals surface area contributed by atoms with Crippen LogP contribution in [0, 0.1) is 16.7 Å². The van der Waals surface area contributed by atoms with Crippen LogP contribution in [0.5, 0.6) is 0 Å². The molecule has 1 unspecified atom stereocenters. The van der Waals surface area contributed by atoms with Crippen LogP contribution in [0.2, 0.25) is 0 Å². The number of halogens is 1. The summed E-state index contributed by atoms with van der Waals surface area (Å²) in [6.45, 7) is 3.68. The van der Waals surface area contributed by atoms with Crippen molar-refractivity contribution >= 4 is 28.8 Å². The third-order valence-corrected chi connectivity index (χ3v) is 6.70. The Balaban J connectivity index is 1.64. The number of carbonyl (C=O) groups is 1. The van der Waals surface area contributed by atoms with Crippen molar-refractivity contribution in [1.82, 2.24) is 4.98 Å². The predicted octanol–water partition coefficient (Wildman–Crippen LogP) is 4.02. The van der Waals surface area contributed by atoms with Gasteiger partial charge >= 0.3 is 0 Å². The summed E-state index contributed by atoms with van der Waals surface area (Å²) in [5, 5.41) is 26.8. The van der Waals surface area contributed by atoms with Gasteiger partial charge in [0.25, 0.3) is 5.56 Å². The molecule has 1 amide bonds. The summed E-state index contributed by atoms with van der Waals surface area (Å²) in [5.41, 5.74) is 0.105. The lowest BCUT2D eigenvalue weighted by atomic mass is 9.77. The minimum atomic E-state index is -1.23. The molecule has 2 atom stereocenters. The van der Waals surface area contributed by atoms with Crippen LogP contribution < -0.4 is 21.5 Å². The molecule has 33 heavy (non-hydrogen) atoms. The molecule has 1 aliphatic heterocycles. The second kappa shape index (κ2) is 8.35. The van der Waals surface area contributed by atoms with Crippen LogP contribution in [0.15, 0.2) is 35.3 Å². The Morgan fingerprint density at radius 1 is 1.30 bits per heavy atom. The number of amidine groups is 1. The first-order valence-corrected chi connectivity index (χ1v) is 11.0. The van der Waals surface area contributed by atoms with Crippen molar-refractivity contribution < 1.29 is 9.18 Å². The molecule has 1 saturated carbocycles. The summed E-state index contributed by atoms with van der Waals surface area (Å²) >= 11 is 0. The average Bonchev–Trinajstić information content (AvgIpc) is 2.98. The molecule has 1 aliphatic carbocycles. The molecular formula is C24H27FN6O2. The summed E-state index contributed by atoms with van der Waals surface area (Å²) in [6.07, 6.45) is 2.51. The summed E-state index contributed by atoms with van der Waals surface area (Å²) in [4.78, 5) is 27.5. The Morgan fingerprint density at radius 3 is 2.82 bits per heavy atom. The van der Waals surface area contributed by atoms with E-state index in [2.05, 4.69) is 27.0 Å². The molecule has 9 heteroatoms. The lowest BCUT2D eigenvalue weighted by Gasteiger charge is -2.40. The molecule has 8 nitrogen and oxygen atoms in total. The quantitative estimate of drug-likeness (QED) is 0.347. The normalized spacial score (nSPS) is 23.2. The number of nitrogens with zero attached hydrogens (tertiary/aromatic N) is 1. The fraction of sp³-hybridized carbons (Fsp3) is 0.417. The Morgan fingerprint density at radius 2 is 2.09 bits per heavy atom. The van der Waals surface area contributed by atoms with Gasteiger partial charge in [0, 0.05) is 17.6 Å². The van der Waals surface area contributed by atoms with Crippen molar-refractivity contribution in [3.63, 3.8) is 0 Å². The summed E-state index contributed by atoms with van der Waals surface area (Å²) in [7, 11) is 0. The van der Waals surface area contributed by atoms with E-state index in [1.807, 2.05) is 19.9 Å². The number of hydrogen-bond donors (Lipinski definition) is 5. The van der Waals surface area contributed by atoms with Gasteiger partial charge < -0.3 is 20.9 Å². The van der Waals surface area contributed by atoms with Gasteiger partial charge in [-0.2, -0.15) is 5.26 Å². The number of H-pyrrole nitrogens is 1. The van der Waals surface area contributed by atoms with E-state index in [-0.39, 0.29) is 23.7 Å². The first kappa shape index (κ1) is 22.5. The number of carbonyl (C=O) groups excluding carboxylic acids is 1. The van der Waals surface area contributed by atoms with Crippen molar-refractivity contribution in [1.29, 1.82) is 10.7 Å². The number of nitriles is 1. The van der Waals surface area contributed by atoms with Gasteiger partial charge in [0.15, 0.2) is 0 Å². The maximum atomic E-state index is 15.0. The fourth-order valence-electron chi connectivity index (χ4n) is 4.70. The SMILES string of the molecule is CC1(C)C(=O)Nc2cc(NC(=N)c3c(NC4(CC#N)CCCC[C@H]4F)cc[nH]c3=O)ccc21. The highest BCUT2D eigenvalue weighted by atomic mass is 19.1. The molecule has 2 aliphatic rings. The van der Waals surface area contributed by atoms with Gasteiger partial charge in [-0.1, -0.05) is 18.9 Å². The van der Waals surface area contributed by atoms with Crippen molar-refractivity contribution in [2.75, 3.05) is 16.0 Å². The molecule has 0 spiro atoms. The molecule has 4 rings (SSSR count). The monoisotopic (exact) mass is 450 g/mol. The van der Waals surface area contributed by atoms with E-state index in [4.69, 9.17) is 5.41 Å². The Kier molecular flexibility index (Phi) is 5.70. The maximum absolute atomic E-state index is 15.0. The second-order valence-corrected chi connectivity index (χ2v) is 9.26. The number of nitrogens with one attached hydrogen (secondary N) is 5. The van der Waals surface area contributed by atoms with E-state index >= 15 is 0 Å². The van der Waals surface area contributed by atoms with E-state index in [1.54, 1.807) is 18.2 Å². The predicted molar refractivity (Wildman–Crippen MR) is 126 cm³/mol. The smallest absolute Gasteiger partial charge is 0.261 e. The van der Waals surface area contributed by atoms with Crippen LogP contribution in [-0.4, -0.2) is 28.4 Å². The zero-order valence-electron chi connectivity index (χ0n) is 18.6. The summed E-state index contributed by atoms with van der Waals surface area (Å²) in [6, 6.07) is 8.93. The van der Waals surface area contributed by atoms with Gasteiger partial charge in [0.2, 0.25) is 5.91 Å². The van der Waals surface area contributed by atoms with E-state index < -0.39 is 22.7 Å². The maximum Gasteiger partial charge on any atom is 0.261 e. The zero-order chi connectivity index (χ0) is 23.8. The van der Waals surface area contributed by atoms with E-state index in [1.165, 1.54) is 6.20 Å². The molecule has 2 heterocycles. The number of anilines is 3. The summed E-state index contributed by atoms with van der Waals surface area (Å²) in [5.74, 6) is -0.284. The first-order chi connectivity index (χ1) is 15.7. The van der Waals surface area contributed by atoms with E-state index in [0.29, 0.717) is 29.9 Å². The molecule has 172 valence electrons. The standard InChI is InChI=1S/C24H27FN6O2/c1-23(2)15-7-6-14(13-17(15)30-22(23)33)29-20(27)19-16(8-12-28-21(19)32)31-24(10-11-26)9-4-3-5-18(24)25/h6-8,12-13,18H,3-5,9-10H2,1-2H3,(H2,27,29)(H,30,33)(H2,28,31,32)/t18-,24?/m1/s1. The van der Waals surface area contributed by atoms with Crippen molar-refractivity contribution in [2.24, 2.45) is 0 Å². The van der Waals surface area contributed by atoms with Crippen LogP contribution in [0.1, 0.15) is 57.1 Å². The number of aromatic nitrogens is 1. The Bertz CT molecular complexity index is 1210. The zero-order valence-corrected chi connectivity index (χ0v) is 18.6. The van der Waals surface area contributed by atoms with Gasteiger partial charge in [-0.15, -0.1) is 0 Å². The van der Waals surface area contributed by atoms with Crippen LogP contribution in [0.3, 0.4) is 0 Å². The van der Waals surface area contributed by atoms with Crippen molar-refractivity contribution in [2.45, 2.75) is 63.1 Å². The molecule has 0 bridgehead atoms. The highest BCUT2D eigenvalue weighted by molar-refractivity contribution is 6.11. The average molecular weight is 451 g/mol. The van der Waals surface area contributed by atoms with E-state index in [9.17, 15) is 19.2 Å². The minimum absolute atomic E-state index is 0.0254. The Hall–Kier alpha value is -3.67. The first-order valence-electron chi connectivity index (χ1n) is 11.0. The molecule has 1 aromatic heterocycles. The molecule has 0 saturated heterocycles. The van der Waals surface area contributed by atoms with Crippen molar-refractivity contribution in [3.05, 3.63) is 51.9 Å². The second-order valence-electron chi connectivity index (χ2n) is 9.26. The molecule has 0 radical (unpaired) electrons. The van der Waals surface area contributed by atoms with Crippen LogP contribution in [0.25, 0.3) is 0 Å². The minimum Gasteiger partial charge on any atom is -0.375 e. The molecule has 1 aromatic carbocycles. The Labute approximate surface area is 191 Å². The van der Waals surface area contributed by atoms with Gasteiger partial charge in [-0.3, -0.25) is 15.0 Å². The number of amides is 1. The van der Waals surface area contributed by atoms with Crippen LogP contribution in [0.4, 0.5) is 21.5 Å². The number of hydrogen-bond acceptors (Lipinski definition) is 5. The molecular weight excluding hydrogens is 423 g/mol. The topological polar surface area (TPSA) is 134 Å². The van der Waals surface area contributed by atoms with Gasteiger partial charge in [0.05, 0.1) is 29.1 Å². The molecule has 2 aromatic rings. The highest BCUT2D eigenvalue weighted by Gasteiger charge is 2.42. The van der Waals surface area contributed by atoms with Crippen LogP contribution in [-0.2, 0) is 10.2 Å². The lowest BCUT2D eigenvalue weighted by Crippen LogP contribution is -2.49. The fourth-order valence-corrected chi connectivity index (χ4v) is 4.70. The molecule has 1 fully saturated rings. The van der Waals surface area contributed by atoms with Crippen molar-refractivity contribution in [3.8, 4) is 6.07 Å². The third-order valence-electron chi connectivity index (χ3n) is 6.70. The number of pyridine rings is 1. The highest BCUT2D eigenvalue weighted by Crippen LogP contribution is 2.39. The summed E-state index contributed by atoms with van der Waals surface area (Å²) < 4.78 is 15.0. The number of alkyl halides is 1. The van der Waals surface area contributed by atoms with Crippen LogP contribution >= 0.6 is 0 Å². The van der Waals surface area contributed by atoms with Gasteiger partial charge in [-0.05, 0) is 50.5 Å². The number of rotatable bonds is 5. The lowest BCUT2D eigenvalue weighted by molar-refractivity contribution is -0.119. The number of aromatic amines is 1. The van der Waals surface area contributed by atoms with E-state index in [0.717, 1.165) is 18.4 Å². The van der Waals surface area contributed by atoms with Gasteiger partial charge in [-0.25, -0.2) is 4.39 Å². The number of benzene rings is 1. The van der Waals surface area contributed by atoms with Gasteiger partial charge in [0.1, 0.15) is 17.6 Å². The third kappa shape index (κ3) is 3.97.